The van der Waals surface area contributed by atoms with E-state index >= 15 is 0 Å². The zero-order valence-corrected chi connectivity index (χ0v) is 27.5. The Labute approximate surface area is 256 Å². The average molecular weight is 739 g/mol. The zero-order chi connectivity index (χ0) is 27.9. The van der Waals surface area contributed by atoms with Gasteiger partial charge in [-0.1, -0.05) is 156 Å². The van der Waals surface area contributed by atoms with Gasteiger partial charge in [-0.25, -0.2) is 0 Å². The zero-order valence-electron chi connectivity index (χ0n) is 23.3. The third-order valence-corrected chi connectivity index (χ3v) is 11.6. The third-order valence-electron chi connectivity index (χ3n) is 6.18. The van der Waals surface area contributed by atoms with Crippen molar-refractivity contribution in [1.82, 2.24) is 0 Å². The Morgan fingerprint density at radius 2 is 0.625 bits per heavy atom. The van der Waals surface area contributed by atoms with Gasteiger partial charge in [0.1, 0.15) is 0 Å². The number of aryl methyl sites for hydroxylation is 3. The molecule has 0 saturated heterocycles. The minimum atomic E-state index is -0.348. The first-order valence-electron chi connectivity index (χ1n) is 13.1. The molecule has 5 aromatic carbocycles. The second-order valence-corrected chi connectivity index (χ2v) is 14.0. The van der Waals surface area contributed by atoms with Gasteiger partial charge in [-0.3, -0.25) is 0 Å². The Morgan fingerprint density at radius 1 is 0.425 bits per heavy atom. The molecule has 0 aliphatic heterocycles. The van der Waals surface area contributed by atoms with Crippen LogP contribution in [0.1, 0.15) is 16.7 Å². The van der Waals surface area contributed by atoms with E-state index in [2.05, 4.69) is 167 Å². The van der Waals surface area contributed by atoms with Crippen LogP contribution in [-0.4, -0.2) is 12.3 Å². The molecule has 1 radical (unpaired) electrons. The van der Waals surface area contributed by atoms with Crippen molar-refractivity contribution in [3.8, 4) is 0 Å². The summed E-state index contributed by atoms with van der Waals surface area (Å²) in [6, 6.07) is 50.8. The van der Waals surface area contributed by atoms with Gasteiger partial charge in [0.25, 0.3) is 0 Å². The standard InChI is InChI=1S/C26H24P2.C9H12.CO.Ir/c1-5-13-23(14-6-1)27(24-15-7-2-8-16-24)21-22-28(25-17-9-3-10-18-25)26-19-11-4-12-20-26;1-7-4-8(2)6-9(3)5-7;1-2;/h1-20H,21-22H2;4-6H,1-3H3;;. The van der Waals surface area contributed by atoms with E-state index in [1.165, 1.54) is 50.2 Å². The van der Waals surface area contributed by atoms with Crippen LogP contribution in [0.3, 0.4) is 0 Å². The first kappa shape index (κ1) is 33.6. The van der Waals surface area contributed by atoms with Gasteiger partial charge in [-0.2, -0.15) is 0 Å². The van der Waals surface area contributed by atoms with E-state index in [4.69, 9.17) is 4.65 Å². The Hall–Kier alpha value is -2.65. The molecular weight excluding hydrogens is 703 g/mol. The van der Waals surface area contributed by atoms with Crippen LogP contribution in [0.5, 0.6) is 0 Å². The molecule has 5 aromatic rings. The average Bonchev–Trinajstić information content (AvgIpc) is 2.98. The van der Waals surface area contributed by atoms with Crippen molar-refractivity contribution in [3.05, 3.63) is 163 Å². The van der Waals surface area contributed by atoms with Crippen LogP contribution in [0.2, 0.25) is 0 Å². The van der Waals surface area contributed by atoms with Gasteiger partial charge in [0.05, 0.1) is 0 Å². The van der Waals surface area contributed by atoms with E-state index < -0.39 is 0 Å². The molecule has 0 saturated carbocycles. The van der Waals surface area contributed by atoms with E-state index in [9.17, 15) is 0 Å². The predicted molar refractivity (Wildman–Crippen MR) is 172 cm³/mol. The normalized spacial score (nSPS) is 9.97. The van der Waals surface area contributed by atoms with Crippen LogP contribution >= 0.6 is 15.8 Å². The van der Waals surface area contributed by atoms with E-state index in [0.29, 0.717) is 0 Å². The summed E-state index contributed by atoms with van der Waals surface area (Å²) in [4.78, 5) is 0. The van der Waals surface area contributed by atoms with Crippen molar-refractivity contribution in [2.75, 3.05) is 12.3 Å². The Bertz CT molecular complexity index is 1180. The number of hydrogen-bond donors (Lipinski definition) is 0. The molecule has 1 nitrogen and oxygen atoms in total. The molecule has 0 amide bonds. The monoisotopic (exact) mass is 739 g/mol. The molecule has 0 atom stereocenters. The van der Waals surface area contributed by atoms with Crippen molar-refractivity contribution in [3.63, 3.8) is 0 Å². The van der Waals surface area contributed by atoms with Gasteiger partial charge >= 0.3 is 11.3 Å². The minimum Gasteiger partial charge on any atom is -0.0622 e. The van der Waals surface area contributed by atoms with E-state index in [0.717, 1.165) is 0 Å². The second kappa shape index (κ2) is 18.7. The van der Waals surface area contributed by atoms with Gasteiger partial charge in [-0.15, -0.1) is 0 Å². The summed E-state index contributed by atoms with van der Waals surface area (Å²) in [6.07, 6.45) is 2.41. The molecule has 0 aliphatic rings. The quantitative estimate of drug-likeness (QED) is 0.0923. The van der Waals surface area contributed by atoms with E-state index in [1.807, 2.05) is 0 Å². The van der Waals surface area contributed by atoms with Crippen LogP contribution < -0.4 is 21.2 Å². The first-order valence-corrected chi connectivity index (χ1v) is 16.2. The molecule has 0 fully saturated rings. The van der Waals surface area contributed by atoms with Gasteiger partial charge in [-0.05, 0) is 70.2 Å². The van der Waals surface area contributed by atoms with Crippen molar-refractivity contribution in [1.29, 1.82) is 0 Å². The SMILES string of the molecule is Cc1cc(C)cc(C)c1.[C-]#[O+].[Ir].c1ccc(P(CCP(c2ccccc2)c2ccccc2)c2ccccc2)cc1. The maximum absolute atomic E-state index is 7.50. The first-order chi connectivity index (χ1) is 19.1. The fourth-order valence-corrected chi connectivity index (χ4v) is 10.0. The van der Waals surface area contributed by atoms with E-state index in [1.54, 1.807) is 0 Å². The molecule has 205 valence electrons. The molecule has 0 N–H and O–H groups in total. The summed E-state index contributed by atoms with van der Waals surface area (Å²) in [5.41, 5.74) is 4.06. The van der Waals surface area contributed by atoms with Crippen LogP contribution in [0.4, 0.5) is 0 Å². The van der Waals surface area contributed by atoms with E-state index in [-0.39, 0.29) is 35.9 Å². The molecule has 0 aliphatic carbocycles. The third kappa shape index (κ3) is 10.7. The second-order valence-electron chi connectivity index (χ2n) is 9.31. The molecule has 4 heteroatoms. The molecule has 40 heavy (non-hydrogen) atoms. The van der Waals surface area contributed by atoms with Crippen molar-refractivity contribution in [2.45, 2.75) is 20.8 Å². The summed E-state index contributed by atoms with van der Waals surface area (Å²) >= 11 is 0. The van der Waals surface area contributed by atoms with Gasteiger partial charge in [0.2, 0.25) is 0 Å². The van der Waals surface area contributed by atoms with Crippen LogP contribution in [0.25, 0.3) is 0 Å². The molecule has 0 aromatic heterocycles. The molecule has 0 spiro atoms. The summed E-state index contributed by atoms with van der Waals surface area (Å²) in [5, 5.41) is 5.89. The van der Waals surface area contributed by atoms with Crippen molar-refractivity contribution < 1.29 is 24.8 Å². The number of rotatable bonds is 7. The molecule has 0 heterocycles. The fourth-order valence-electron chi connectivity index (χ4n) is 4.65. The Morgan fingerprint density at radius 3 is 0.825 bits per heavy atom. The number of hydrogen-bond acceptors (Lipinski definition) is 0. The summed E-state index contributed by atoms with van der Waals surface area (Å²) in [5.74, 6) is 0. The number of benzene rings is 5. The van der Waals surface area contributed by atoms with Crippen LogP contribution in [0, 0.1) is 27.4 Å². The van der Waals surface area contributed by atoms with Crippen LogP contribution in [0.15, 0.2) is 140 Å². The van der Waals surface area contributed by atoms with Gasteiger partial charge in [0, 0.05) is 20.1 Å². The van der Waals surface area contributed by atoms with Crippen LogP contribution in [-0.2, 0) is 24.8 Å². The molecule has 0 unspecified atom stereocenters. The smallest absolute Gasteiger partial charge is 0 e. The minimum absolute atomic E-state index is 0. The Kier molecular flexibility index (Phi) is 15.6. The maximum atomic E-state index is 7.50. The largest absolute Gasteiger partial charge is 0.0622 e. The van der Waals surface area contributed by atoms with Crippen molar-refractivity contribution >= 4 is 37.1 Å². The topological polar surface area (TPSA) is 19.9 Å². The Balaban J connectivity index is 0.000000396. The van der Waals surface area contributed by atoms with Gasteiger partial charge in [0.15, 0.2) is 0 Å². The fraction of sp³-hybridized carbons (Fsp3) is 0.139. The molecule has 0 bridgehead atoms. The van der Waals surface area contributed by atoms with Crippen molar-refractivity contribution in [2.24, 2.45) is 0 Å². The maximum Gasteiger partial charge on any atom is 0 e. The van der Waals surface area contributed by atoms with Gasteiger partial charge < -0.3 is 0 Å². The summed E-state index contributed by atoms with van der Waals surface area (Å²) in [7, 11) is -0.696. The summed E-state index contributed by atoms with van der Waals surface area (Å²) < 4.78 is 7.50. The molecular formula is C36H36IrOP2. The summed E-state index contributed by atoms with van der Waals surface area (Å²) in [6.45, 7) is 10.9. The predicted octanol–water partition coefficient (Wildman–Crippen LogP) is 7.82. The molecule has 5 rings (SSSR count).